The van der Waals surface area contributed by atoms with Gasteiger partial charge in [0.25, 0.3) is 11.1 Å². The Hall–Kier alpha value is -3.66. The predicted octanol–water partition coefficient (Wildman–Crippen LogP) is 6.65. The lowest BCUT2D eigenvalue weighted by molar-refractivity contribution is -0.127. The van der Waals surface area contributed by atoms with Gasteiger partial charge in [-0.25, -0.2) is 0 Å². The zero-order chi connectivity index (χ0) is 27.9. The molecule has 0 aliphatic carbocycles. The Balaban J connectivity index is 1.44. The first kappa shape index (κ1) is 28.4. The standard InChI is InChI=1S/C28H24Cl2N2O6S/c1-3-37-24-12-17(4-11-23(24)38-16-18-5-6-19(29)14-22(18)30)13-25-27(34)32(28(35)39-25)15-26(33)31-20-7-9-21(36-2)10-8-20/h4-14H,3,15-16H2,1-2H3,(H,31,33)/b25-13+. The summed E-state index contributed by atoms with van der Waals surface area (Å²) in [6.07, 6.45) is 1.58. The normalized spacial score (nSPS) is 14.1. The van der Waals surface area contributed by atoms with Gasteiger partial charge in [0.2, 0.25) is 5.91 Å². The number of amides is 3. The maximum Gasteiger partial charge on any atom is 0.294 e. The molecule has 3 amide bonds. The summed E-state index contributed by atoms with van der Waals surface area (Å²) >= 11 is 13.0. The number of methoxy groups -OCH3 is 1. The Morgan fingerprint density at radius 2 is 1.77 bits per heavy atom. The number of ether oxygens (including phenoxy) is 3. The van der Waals surface area contributed by atoms with E-state index in [4.69, 9.17) is 37.4 Å². The van der Waals surface area contributed by atoms with Crippen LogP contribution in [0.4, 0.5) is 10.5 Å². The molecule has 39 heavy (non-hydrogen) atoms. The van der Waals surface area contributed by atoms with Crippen molar-refractivity contribution >= 4 is 63.8 Å². The molecule has 1 aliphatic heterocycles. The number of imide groups is 1. The van der Waals surface area contributed by atoms with Crippen LogP contribution in [0.1, 0.15) is 18.1 Å². The summed E-state index contributed by atoms with van der Waals surface area (Å²) in [5.74, 6) is 0.551. The van der Waals surface area contributed by atoms with Gasteiger partial charge in [-0.1, -0.05) is 35.3 Å². The third-order valence-electron chi connectivity index (χ3n) is 5.51. The number of thioether (sulfide) groups is 1. The SMILES string of the molecule is CCOc1cc(/C=C2/SC(=O)N(CC(=O)Nc3ccc(OC)cc3)C2=O)ccc1OCc1ccc(Cl)cc1Cl. The van der Waals surface area contributed by atoms with Gasteiger partial charge in [-0.2, -0.15) is 0 Å². The second kappa shape index (κ2) is 12.9. The van der Waals surface area contributed by atoms with E-state index in [0.29, 0.717) is 45.2 Å². The largest absolute Gasteiger partial charge is 0.497 e. The molecule has 8 nitrogen and oxygen atoms in total. The van der Waals surface area contributed by atoms with Crippen LogP contribution in [0, 0.1) is 0 Å². The topological polar surface area (TPSA) is 94.2 Å². The highest BCUT2D eigenvalue weighted by molar-refractivity contribution is 8.18. The molecule has 11 heteroatoms. The van der Waals surface area contributed by atoms with Crippen LogP contribution in [0.5, 0.6) is 17.2 Å². The fraction of sp³-hybridized carbons (Fsp3) is 0.179. The lowest BCUT2D eigenvalue weighted by atomic mass is 10.1. The maximum atomic E-state index is 12.9. The summed E-state index contributed by atoms with van der Waals surface area (Å²) in [5.41, 5.74) is 1.91. The van der Waals surface area contributed by atoms with Crippen molar-refractivity contribution in [3.05, 3.63) is 86.7 Å². The van der Waals surface area contributed by atoms with Gasteiger partial charge in [-0.15, -0.1) is 0 Å². The van der Waals surface area contributed by atoms with Crippen LogP contribution in [0.3, 0.4) is 0 Å². The molecule has 1 aliphatic rings. The third kappa shape index (κ3) is 7.26. The highest BCUT2D eigenvalue weighted by Crippen LogP contribution is 2.35. The number of rotatable bonds is 10. The summed E-state index contributed by atoms with van der Waals surface area (Å²) < 4.78 is 16.8. The molecule has 4 rings (SSSR count). The van der Waals surface area contributed by atoms with E-state index in [9.17, 15) is 14.4 Å². The number of halogens is 2. The minimum absolute atomic E-state index is 0.196. The highest BCUT2D eigenvalue weighted by Gasteiger charge is 2.36. The first-order valence-corrected chi connectivity index (χ1v) is 13.4. The van der Waals surface area contributed by atoms with Gasteiger partial charge in [0.15, 0.2) is 11.5 Å². The molecule has 0 unspecified atom stereocenters. The van der Waals surface area contributed by atoms with E-state index in [-0.39, 0.29) is 11.5 Å². The molecule has 0 saturated carbocycles. The highest BCUT2D eigenvalue weighted by atomic mass is 35.5. The fourth-order valence-electron chi connectivity index (χ4n) is 3.60. The summed E-state index contributed by atoms with van der Waals surface area (Å²) in [7, 11) is 1.54. The van der Waals surface area contributed by atoms with E-state index >= 15 is 0 Å². The fourth-order valence-corrected chi connectivity index (χ4v) is 4.90. The van der Waals surface area contributed by atoms with Gasteiger partial charge < -0.3 is 19.5 Å². The second-order valence-electron chi connectivity index (χ2n) is 8.21. The molecular weight excluding hydrogens is 563 g/mol. The smallest absolute Gasteiger partial charge is 0.294 e. The second-order valence-corrected chi connectivity index (χ2v) is 10.0. The van der Waals surface area contributed by atoms with E-state index in [1.54, 1.807) is 73.8 Å². The van der Waals surface area contributed by atoms with Gasteiger partial charge in [-0.05, 0) is 78.9 Å². The average molecular weight is 587 g/mol. The van der Waals surface area contributed by atoms with E-state index in [2.05, 4.69) is 5.32 Å². The minimum atomic E-state index is -0.550. The Morgan fingerprint density at radius 1 is 1.00 bits per heavy atom. The molecule has 0 atom stereocenters. The summed E-state index contributed by atoms with van der Waals surface area (Å²) in [6, 6.07) is 17.0. The number of nitrogens with one attached hydrogen (secondary N) is 1. The molecule has 0 spiro atoms. The van der Waals surface area contributed by atoms with Crippen molar-refractivity contribution in [2.75, 3.05) is 25.6 Å². The van der Waals surface area contributed by atoms with Crippen LogP contribution in [0.25, 0.3) is 6.08 Å². The molecule has 1 heterocycles. The first-order valence-electron chi connectivity index (χ1n) is 11.8. The monoisotopic (exact) mass is 586 g/mol. The Kier molecular flexibility index (Phi) is 9.40. The third-order valence-corrected chi connectivity index (χ3v) is 7.01. The zero-order valence-corrected chi connectivity index (χ0v) is 23.4. The lowest BCUT2D eigenvalue weighted by Crippen LogP contribution is -2.36. The zero-order valence-electron chi connectivity index (χ0n) is 21.0. The predicted molar refractivity (Wildman–Crippen MR) is 153 cm³/mol. The quantitative estimate of drug-likeness (QED) is 0.265. The summed E-state index contributed by atoms with van der Waals surface area (Å²) in [6.45, 7) is 2.03. The Labute approximate surface area is 239 Å². The molecule has 0 aromatic heterocycles. The van der Waals surface area contributed by atoms with Crippen LogP contribution in [-0.2, 0) is 16.2 Å². The van der Waals surface area contributed by atoms with E-state index in [1.807, 2.05) is 6.92 Å². The number of hydrogen-bond donors (Lipinski definition) is 1. The van der Waals surface area contributed by atoms with Gasteiger partial charge in [0, 0.05) is 21.3 Å². The molecule has 202 valence electrons. The Morgan fingerprint density at radius 3 is 2.46 bits per heavy atom. The van der Waals surface area contributed by atoms with E-state index in [0.717, 1.165) is 22.2 Å². The van der Waals surface area contributed by atoms with Crippen molar-refractivity contribution < 1.29 is 28.6 Å². The van der Waals surface area contributed by atoms with Crippen molar-refractivity contribution in [3.8, 4) is 17.2 Å². The average Bonchev–Trinajstić information content (AvgIpc) is 3.17. The Bertz CT molecular complexity index is 1430. The van der Waals surface area contributed by atoms with Crippen molar-refractivity contribution in [3.63, 3.8) is 0 Å². The molecule has 0 bridgehead atoms. The maximum absolute atomic E-state index is 12.9. The van der Waals surface area contributed by atoms with Crippen molar-refractivity contribution in [1.29, 1.82) is 0 Å². The molecule has 3 aromatic rings. The number of carbonyl (C=O) groups is 3. The van der Waals surface area contributed by atoms with Crippen molar-refractivity contribution in [2.24, 2.45) is 0 Å². The summed E-state index contributed by atoms with van der Waals surface area (Å²) in [4.78, 5) is 39.0. The van der Waals surface area contributed by atoms with E-state index in [1.165, 1.54) is 0 Å². The van der Waals surface area contributed by atoms with Crippen LogP contribution in [-0.4, -0.2) is 42.2 Å². The van der Waals surface area contributed by atoms with Crippen LogP contribution >= 0.6 is 35.0 Å². The first-order chi connectivity index (χ1) is 18.8. The molecule has 3 aromatic carbocycles. The number of anilines is 1. The van der Waals surface area contributed by atoms with Crippen LogP contribution in [0.15, 0.2) is 65.6 Å². The van der Waals surface area contributed by atoms with E-state index < -0.39 is 23.6 Å². The summed E-state index contributed by atoms with van der Waals surface area (Å²) in [5, 5.41) is 3.17. The van der Waals surface area contributed by atoms with Gasteiger partial charge in [-0.3, -0.25) is 19.3 Å². The van der Waals surface area contributed by atoms with Crippen LogP contribution < -0.4 is 19.5 Å². The molecular formula is C28H24Cl2N2O6S. The number of carbonyl (C=O) groups excluding carboxylic acids is 3. The molecule has 1 fully saturated rings. The van der Waals surface area contributed by atoms with Gasteiger partial charge >= 0.3 is 0 Å². The number of hydrogen-bond acceptors (Lipinski definition) is 7. The van der Waals surface area contributed by atoms with Gasteiger partial charge in [0.05, 0.1) is 18.6 Å². The molecule has 1 N–H and O–H groups in total. The molecule has 0 radical (unpaired) electrons. The van der Waals surface area contributed by atoms with Crippen molar-refractivity contribution in [2.45, 2.75) is 13.5 Å². The molecule has 1 saturated heterocycles. The number of nitrogens with zero attached hydrogens (tertiary/aromatic N) is 1. The number of benzene rings is 3. The van der Waals surface area contributed by atoms with Crippen molar-refractivity contribution in [1.82, 2.24) is 4.90 Å². The van der Waals surface area contributed by atoms with Crippen LogP contribution in [0.2, 0.25) is 10.0 Å². The minimum Gasteiger partial charge on any atom is -0.497 e. The van der Waals surface area contributed by atoms with Gasteiger partial charge in [0.1, 0.15) is 18.9 Å². The lowest BCUT2D eigenvalue weighted by Gasteiger charge is -2.14.